The van der Waals surface area contributed by atoms with Crippen LogP contribution in [0, 0.1) is 13.8 Å². The highest BCUT2D eigenvalue weighted by Crippen LogP contribution is 2.14. The van der Waals surface area contributed by atoms with E-state index in [0.29, 0.717) is 22.6 Å². The van der Waals surface area contributed by atoms with E-state index < -0.39 is 0 Å². The third kappa shape index (κ3) is 1.55. The molecule has 8 heteroatoms. The molecule has 0 aromatic carbocycles. The molecular formula is C9H8ClN7. The van der Waals surface area contributed by atoms with Gasteiger partial charge in [0.1, 0.15) is 23.1 Å². The van der Waals surface area contributed by atoms with Crippen LogP contribution >= 0.6 is 11.6 Å². The molecule has 0 spiro atoms. The molecule has 0 atom stereocenters. The number of nitrogens with zero attached hydrogens (tertiary/aromatic N) is 7. The maximum absolute atomic E-state index is 5.94. The normalized spacial score (nSPS) is 11.2. The Kier molecular flexibility index (Phi) is 2.08. The van der Waals surface area contributed by atoms with Crippen molar-refractivity contribution in [2.24, 2.45) is 0 Å². The fourth-order valence-corrected chi connectivity index (χ4v) is 1.83. The van der Waals surface area contributed by atoms with Crippen LogP contribution in [-0.4, -0.2) is 34.3 Å². The van der Waals surface area contributed by atoms with Gasteiger partial charge in [-0.1, -0.05) is 11.6 Å². The van der Waals surface area contributed by atoms with E-state index in [0.717, 1.165) is 5.82 Å². The zero-order valence-corrected chi connectivity index (χ0v) is 9.92. The fraction of sp³-hybridized carbons (Fsp3) is 0.222. The van der Waals surface area contributed by atoms with E-state index in [2.05, 4.69) is 25.1 Å². The van der Waals surface area contributed by atoms with Crippen LogP contribution in [-0.2, 0) is 0 Å². The molecule has 0 aliphatic rings. The molecular weight excluding hydrogens is 242 g/mol. The van der Waals surface area contributed by atoms with Crippen molar-refractivity contribution in [1.29, 1.82) is 0 Å². The van der Waals surface area contributed by atoms with Crippen LogP contribution in [0.3, 0.4) is 0 Å². The smallest absolute Gasteiger partial charge is 0.217 e. The van der Waals surface area contributed by atoms with Crippen LogP contribution < -0.4 is 0 Å². The maximum atomic E-state index is 5.94. The van der Waals surface area contributed by atoms with Gasteiger partial charge in [-0.25, -0.2) is 4.98 Å². The van der Waals surface area contributed by atoms with E-state index in [4.69, 9.17) is 11.6 Å². The molecule has 0 saturated carbocycles. The van der Waals surface area contributed by atoms with Crippen LogP contribution in [0.1, 0.15) is 11.6 Å². The van der Waals surface area contributed by atoms with Gasteiger partial charge in [-0.15, -0.1) is 5.10 Å². The number of aryl methyl sites for hydroxylation is 2. The fourth-order valence-electron chi connectivity index (χ4n) is 1.66. The van der Waals surface area contributed by atoms with Crippen LogP contribution in [0.4, 0.5) is 0 Å². The van der Waals surface area contributed by atoms with Crippen molar-refractivity contribution in [3.63, 3.8) is 0 Å². The number of rotatable bonds is 1. The molecule has 3 heterocycles. The Bertz CT molecular complexity index is 699. The highest BCUT2D eigenvalue weighted by molar-refractivity contribution is 6.29. The topological polar surface area (TPSA) is 73.8 Å². The van der Waals surface area contributed by atoms with Crippen molar-refractivity contribution in [3.05, 3.63) is 29.2 Å². The third-order valence-corrected chi connectivity index (χ3v) is 2.49. The van der Waals surface area contributed by atoms with E-state index in [1.807, 2.05) is 13.8 Å². The molecule has 0 radical (unpaired) electrons. The molecule has 0 bridgehead atoms. The van der Waals surface area contributed by atoms with Gasteiger partial charge < -0.3 is 0 Å². The third-order valence-electron chi connectivity index (χ3n) is 2.29. The lowest BCUT2D eigenvalue weighted by atomic mass is 10.5. The molecule has 0 N–H and O–H groups in total. The minimum atomic E-state index is 0.341. The van der Waals surface area contributed by atoms with Gasteiger partial charge in [0.2, 0.25) is 0 Å². The molecule has 0 amide bonds. The van der Waals surface area contributed by atoms with Gasteiger partial charge in [-0.05, 0) is 13.8 Å². The molecule has 7 nitrogen and oxygen atoms in total. The lowest BCUT2D eigenvalue weighted by Crippen LogP contribution is -2.08. The summed E-state index contributed by atoms with van der Waals surface area (Å²) in [4.78, 5) is 12.3. The average molecular weight is 250 g/mol. The van der Waals surface area contributed by atoms with Crippen molar-refractivity contribution in [2.45, 2.75) is 13.8 Å². The Morgan fingerprint density at radius 3 is 2.76 bits per heavy atom. The van der Waals surface area contributed by atoms with Gasteiger partial charge in [0.15, 0.2) is 5.82 Å². The Hall–Kier alpha value is -2.02. The molecule has 17 heavy (non-hydrogen) atoms. The van der Waals surface area contributed by atoms with Gasteiger partial charge in [0.25, 0.3) is 5.78 Å². The summed E-state index contributed by atoms with van der Waals surface area (Å²) >= 11 is 5.94. The molecule has 3 rings (SSSR count). The SMILES string of the molecule is Cc1nc(C)n(-c2cc(Cl)nc3ncnn23)n1. The lowest BCUT2D eigenvalue weighted by Gasteiger charge is -2.04. The summed E-state index contributed by atoms with van der Waals surface area (Å²) < 4.78 is 3.22. The van der Waals surface area contributed by atoms with Gasteiger partial charge in [-0.2, -0.15) is 24.3 Å². The molecule has 0 unspecified atom stereocenters. The highest BCUT2D eigenvalue weighted by atomic mass is 35.5. The van der Waals surface area contributed by atoms with E-state index in [1.54, 1.807) is 15.3 Å². The lowest BCUT2D eigenvalue weighted by molar-refractivity contribution is 0.753. The van der Waals surface area contributed by atoms with Crippen molar-refractivity contribution >= 4 is 17.4 Å². The monoisotopic (exact) mass is 249 g/mol. The zero-order chi connectivity index (χ0) is 12.0. The average Bonchev–Trinajstić information content (AvgIpc) is 2.83. The Labute approximate surface area is 101 Å². The van der Waals surface area contributed by atoms with Crippen molar-refractivity contribution in [2.75, 3.05) is 0 Å². The second kappa shape index (κ2) is 3.49. The first-order valence-electron chi connectivity index (χ1n) is 4.92. The Balaban J connectivity index is 2.36. The summed E-state index contributed by atoms with van der Waals surface area (Å²) in [6.45, 7) is 3.68. The number of hydrogen-bond acceptors (Lipinski definition) is 5. The second-order valence-electron chi connectivity index (χ2n) is 3.53. The van der Waals surface area contributed by atoms with Gasteiger partial charge in [0, 0.05) is 6.07 Å². The standard InChI is InChI=1S/C9H8ClN7/c1-5-13-6(2)16(15-5)8-3-7(10)14-9-11-4-12-17(8)9/h3-4H,1-2H3. The summed E-state index contributed by atoms with van der Waals surface area (Å²) in [5.74, 6) is 2.53. The van der Waals surface area contributed by atoms with E-state index >= 15 is 0 Å². The van der Waals surface area contributed by atoms with Crippen LogP contribution in [0.15, 0.2) is 12.4 Å². The number of hydrogen-bond donors (Lipinski definition) is 0. The summed E-state index contributed by atoms with van der Waals surface area (Å²) in [5, 5.41) is 8.70. The first-order valence-corrected chi connectivity index (χ1v) is 5.30. The number of aromatic nitrogens is 7. The molecule has 0 aliphatic carbocycles. The van der Waals surface area contributed by atoms with Gasteiger partial charge in [0.05, 0.1) is 0 Å². The van der Waals surface area contributed by atoms with Gasteiger partial charge >= 0.3 is 0 Å². The first kappa shape index (κ1) is 10.2. The molecule has 0 aliphatic heterocycles. The van der Waals surface area contributed by atoms with E-state index in [-0.39, 0.29) is 0 Å². The Morgan fingerprint density at radius 1 is 1.24 bits per heavy atom. The largest absolute Gasteiger partial charge is 0.255 e. The highest BCUT2D eigenvalue weighted by Gasteiger charge is 2.12. The minimum Gasteiger partial charge on any atom is -0.217 e. The summed E-state index contributed by atoms with van der Waals surface area (Å²) in [6, 6.07) is 1.67. The van der Waals surface area contributed by atoms with Crippen molar-refractivity contribution in [1.82, 2.24) is 34.3 Å². The number of halogens is 1. The molecule has 86 valence electrons. The van der Waals surface area contributed by atoms with Crippen molar-refractivity contribution in [3.8, 4) is 5.82 Å². The second-order valence-corrected chi connectivity index (χ2v) is 3.91. The predicted molar refractivity (Wildman–Crippen MR) is 60.2 cm³/mol. The summed E-state index contributed by atoms with van der Waals surface area (Å²) in [6.07, 6.45) is 1.42. The van der Waals surface area contributed by atoms with Gasteiger partial charge in [-0.3, -0.25) is 0 Å². The van der Waals surface area contributed by atoms with E-state index in [9.17, 15) is 0 Å². The van der Waals surface area contributed by atoms with Crippen LogP contribution in [0.2, 0.25) is 5.15 Å². The molecule has 3 aromatic rings. The zero-order valence-electron chi connectivity index (χ0n) is 9.16. The number of fused-ring (bicyclic) bond motifs is 1. The first-order chi connectivity index (χ1) is 8.15. The minimum absolute atomic E-state index is 0.341. The molecule has 0 saturated heterocycles. The predicted octanol–water partition coefficient (Wildman–Crippen LogP) is 0.975. The maximum Gasteiger partial charge on any atom is 0.255 e. The van der Waals surface area contributed by atoms with Crippen LogP contribution in [0.5, 0.6) is 0 Å². The summed E-state index contributed by atoms with van der Waals surface area (Å²) in [7, 11) is 0. The van der Waals surface area contributed by atoms with Crippen LogP contribution in [0.25, 0.3) is 11.6 Å². The Morgan fingerprint density at radius 2 is 2.06 bits per heavy atom. The summed E-state index contributed by atoms with van der Waals surface area (Å²) in [5.41, 5.74) is 0. The molecule has 0 fully saturated rings. The van der Waals surface area contributed by atoms with Crippen molar-refractivity contribution < 1.29 is 0 Å². The van der Waals surface area contributed by atoms with E-state index in [1.165, 1.54) is 6.33 Å². The molecule has 3 aromatic heterocycles. The quantitative estimate of drug-likeness (QED) is 0.601.